The van der Waals surface area contributed by atoms with Crippen molar-refractivity contribution >= 4 is 17.4 Å². The number of nitriles is 1. The molecule has 0 aliphatic heterocycles. The number of aryl methyl sites for hydroxylation is 1. The fourth-order valence-corrected chi connectivity index (χ4v) is 3.02. The van der Waals surface area contributed by atoms with Gasteiger partial charge in [0.15, 0.2) is 5.78 Å². The van der Waals surface area contributed by atoms with E-state index in [-0.39, 0.29) is 29.7 Å². The van der Waals surface area contributed by atoms with E-state index in [1.165, 1.54) is 7.11 Å². The molecule has 2 aromatic rings. The summed E-state index contributed by atoms with van der Waals surface area (Å²) in [7, 11) is 1.46. The minimum absolute atomic E-state index is 0.203. The molecule has 0 fully saturated rings. The number of ketones is 1. The lowest BCUT2D eigenvalue weighted by molar-refractivity contribution is -0.123. The molecule has 0 aliphatic rings. The van der Waals surface area contributed by atoms with E-state index in [1.54, 1.807) is 45.0 Å². The van der Waals surface area contributed by atoms with Crippen LogP contribution in [-0.4, -0.2) is 23.8 Å². The zero-order valence-electron chi connectivity index (χ0n) is 17.8. The third-order valence-electron chi connectivity index (χ3n) is 4.64. The number of hydrogen-bond acceptors (Lipinski definition) is 5. The average molecular weight is 393 g/mol. The summed E-state index contributed by atoms with van der Waals surface area (Å²) >= 11 is 0. The summed E-state index contributed by atoms with van der Waals surface area (Å²) in [5, 5.41) is 11.8. The van der Waals surface area contributed by atoms with Crippen LogP contribution in [0, 0.1) is 23.7 Å². The first-order chi connectivity index (χ1) is 13.6. The van der Waals surface area contributed by atoms with E-state index < -0.39 is 5.41 Å². The predicted molar refractivity (Wildman–Crippen MR) is 112 cm³/mol. The zero-order chi connectivity index (χ0) is 21.8. The Morgan fingerprint density at radius 3 is 2.52 bits per heavy atom. The monoisotopic (exact) mass is 393 g/mol. The van der Waals surface area contributed by atoms with Crippen LogP contribution in [0.4, 0.5) is 5.69 Å². The number of carbonyl (C=O) groups excluding carboxylic acids is 2. The average Bonchev–Trinajstić information content (AvgIpc) is 2.67. The summed E-state index contributed by atoms with van der Waals surface area (Å²) in [5.41, 5.74) is 2.64. The number of methoxy groups -OCH3 is 1. The predicted octanol–water partition coefficient (Wildman–Crippen LogP) is 4.24. The number of aromatic nitrogens is 1. The highest BCUT2D eigenvalue weighted by Crippen LogP contribution is 2.34. The summed E-state index contributed by atoms with van der Waals surface area (Å²) < 4.78 is 5.41. The second-order valence-electron chi connectivity index (χ2n) is 7.86. The van der Waals surface area contributed by atoms with Gasteiger partial charge in [0.1, 0.15) is 5.69 Å². The van der Waals surface area contributed by atoms with Gasteiger partial charge in [-0.3, -0.25) is 9.59 Å². The Morgan fingerprint density at radius 2 is 1.97 bits per heavy atom. The molecule has 0 atom stereocenters. The topological polar surface area (TPSA) is 92.1 Å². The number of carbonyl (C=O) groups is 2. The van der Waals surface area contributed by atoms with Crippen LogP contribution in [0.15, 0.2) is 24.3 Å². The summed E-state index contributed by atoms with van der Waals surface area (Å²) in [6.45, 7) is 9.15. The van der Waals surface area contributed by atoms with Crippen LogP contribution >= 0.6 is 0 Å². The van der Waals surface area contributed by atoms with E-state index in [9.17, 15) is 9.59 Å². The highest BCUT2D eigenvalue weighted by molar-refractivity contribution is 6.16. The SMILES string of the molecule is CCc1c(C)nc(OC)c(NC(=O)C(C)(C)C)c1C(=O)c1cccc(CC#N)c1. The van der Waals surface area contributed by atoms with Crippen molar-refractivity contribution in [2.45, 2.75) is 47.5 Å². The van der Waals surface area contributed by atoms with Crippen molar-refractivity contribution < 1.29 is 14.3 Å². The Bertz CT molecular complexity index is 982. The van der Waals surface area contributed by atoms with Gasteiger partial charge in [0, 0.05) is 16.7 Å². The van der Waals surface area contributed by atoms with Gasteiger partial charge >= 0.3 is 0 Å². The van der Waals surface area contributed by atoms with Crippen molar-refractivity contribution in [2.24, 2.45) is 5.41 Å². The first-order valence-corrected chi connectivity index (χ1v) is 9.53. The molecule has 2 rings (SSSR count). The zero-order valence-corrected chi connectivity index (χ0v) is 17.8. The molecule has 1 heterocycles. The summed E-state index contributed by atoms with van der Waals surface area (Å²) in [6, 6.07) is 9.08. The molecule has 0 saturated carbocycles. The molecule has 1 N–H and O–H groups in total. The van der Waals surface area contributed by atoms with E-state index in [2.05, 4.69) is 16.4 Å². The number of rotatable bonds is 6. The van der Waals surface area contributed by atoms with Crippen molar-refractivity contribution in [3.63, 3.8) is 0 Å². The van der Waals surface area contributed by atoms with Crippen LogP contribution in [-0.2, 0) is 17.6 Å². The molecule has 1 amide bonds. The normalized spacial score (nSPS) is 10.9. The molecule has 0 unspecified atom stereocenters. The molecule has 6 heteroatoms. The molecular formula is C23H27N3O3. The van der Waals surface area contributed by atoms with Crippen LogP contribution in [0.25, 0.3) is 0 Å². The first kappa shape index (κ1) is 22.1. The van der Waals surface area contributed by atoms with E-state index >= 15 is 0 Å². The second-order valence-corrected chi connectivity index (χ2v) is 7.86. The van der Waals surface area contributed by atoms with Crippen molar-refractivity contribution in [3.8, 4) is 11.9 Å². The van der Waals surface area contributed by atoms with Crippen LogP contribution < -0.4 is 10.1 Å². The Balaban J connectivity index is 2.72. The van der Waals surface area contributed by atoms with Gasteiger partial charge in [0.25, 0.3) is 0 Å². The number of benzene rings is 1. The summed E-state index contributed by atoms with van der Waals surface area (Å²) in [6.07, 6.45) is 0.786. The lowest BCUT2D eigenvalue weighted by Gasteiger charge is -2.22. The van der Waals surface area contributed by atoms with Crippen molar-refractivity contribution in [3.05, 3.63) is 52.2 Å². The van der Waals surface area contributed by atoms with Gasteiger partial charge in [-0.05, 0) is 30.5 Å². The third-order valence-corrected chi connectivity index (χ3v) is 4.64. The molecule has 1 aromatic heterocycles. The Hall–Kier alpha value is -3.20. The maximum absolute atomic E-state index is 13.5. The fraction of sp³-hybridized carbons (Fsp3) is 0.391. The van der Waals surface area contributed by atoms with Crippen LogP contribution in [0.5, 0.6) is 5.88 Å². The largest absolute Gasteiger partial charge is 0.479 e. The van der Waals surface area contributed by atoms with E-state index in [4.69, 9.17) is 10.00 Å². The van der Waals surface area contributed by atoms with Gasteiger partial charge in [-0.25, -0.2) is 4.98 Å². The van der Waals surface area contributed by atoms with E-state index in [1.807, 2.05) is 13.8 Å². The fourth-order valence-electron chi connectivity index (χ4n) is 3.02. The van der Waals surface area contributed by atoms with Gasteiger partial charge < -0.3 is 10.1 Å². The second kappa shape index (κ2) is 8.87. The number of pyridine rings is 1. The maximum Gasteiger partial charge on any atom is 0.238 e. The van der Waals surface area contributed by atoms with Crippen molar-refractivity contribution in [2.75, 3.05) is 12.4 Å². The molecule has 1 aromatic carbocycles. The Morgan fingerprint density at radius 1 is 1.28 bits per heavy atom. The maximum atomic E-state index is 13.5. The van der Waals surface area contributed by atoms with Gasteiger partial charge in [-0.15, -0.1) is 0 Å². The van der Waals surface area contributed by atoms with Gasteiger partial charge in [0.2, 0.25) is 11.8 Å². The van der Waals surface area contributed by atoms with Crippen LogP contribution in [0.1, 0.15) is 60.4 Å². The van der Waals surface area contributed by atoms with Crippen LogP contribution in [0.3, 0.4) is 0 Å². The first-order valence-electron chi connectivity index (χ1n) is 9.53. The molecule has 0 saturated heterocycles. The molecule has 29 heavy (non-hydrogen) atoms. The quantitative estimate of drug-likeness (QED) is 0.741. The summed E-state index contributed by atoms with van der Waals surface area (Å²) in [4.78, 5) is 30.7. The number of ether oxygens (including phenoxy) is 1. The lowest BCUT2D eigenvalue weighted by Crippen LogP contribution is -2.29. The third kappa shape index (κ3) is 4.80. The lowest BCUT2D eigenvalue weighted by atomic mass is 9.92. The minimum Gasteiger partial charge on any atom is -0.479 e. The highest BCUT2D eigenvalue weighted by atomic mass is 16.5. The number of nitrogens with zero attached hydrogens (tertiary/aromatic N) is 2. The van der Waals surface area contributed by atoms with Crippen molar-refractivity contribution in [1.29, 1.82) is 5.26 Å². The Kier molecular flexibility index (Phi) is 6.76. The number of anilines is 1. The van der Waals surface area contributed by atoms with Crippen molar-refractivity contribution in [1.82, 2.24) is 4.98 Å². The van der Waals surface area contributed by atoms with E-state index in [0.29, 0.717) is 23.2 Å². The molecule has 6 nitrogen and oxygen atoms in total. The standard InChI is InChI=1S/C23H27N3O3/c1-7-17-14(2)25-21(29-6)19(26-22(28)23(3,4)5)18(17)20(27)16-10-8-9-15(13-16)11-12-24/h8-10,13H,7,11H2,1-6H3,(H,26,28). The molecule has 0 aliphatic carbocycles. The summed E-state index contributed by atoms with van der Waals surface area (Å²) in [5.74, 6) is -0.278. The van der Waals surface area contributed by atoms with E-state index in [0.717, 1.165) is 11.1 Å². The number of nitrogens with one attached hydrogen (secondary N) is 1. The molecule has 0 spiro atoms. The molecule has 152 valence electrons. The molecule has 0 bridgehead atoms. The molecular weight excluding hydrogens is 366 g/mol. The van der Waals surface area contributed by atoms with Crippen LogP contribution in [0.2, 0.25) is 0 Å². The van der Waals surface area contributed by atoms with Gasteiger partial charge in [-0.1, -0.05) is 45.9 Å². The number of hydrogen-bond donors (Lipinski definition) is 1. The van der Waals surface area contributed by atoms with Gasteiger partial charge in [-0.2, -0.15) is 5.26 Å². The Labute approximate surface area is 171 Å². The molecule has 0 radical (unpaired) electrons. The van der Waals surface area contributed by atoms with Gasteiger partial charge in [0.05, 0.1) is 25.2 Å². The smallest absolute Gasteiger partial charge is 0.238 e. The highest BCUT2D eigenvalue weighted by Gasteiger charge is 2.29. The number of amides is 1. The minimum atomic E-state index is -0.657.